The molecule has 0 saturated carbocycles. The lowest BCUT2D eigenvalue weighted by atomic mass is 9.72. The second-order valence-corrected chi connectivity index (χ2v) is 13.7. The summed E-state index contributed by atoms with van der Waals surface area (Å²) in [4.78, 5) is 24.6. The maximum Gasteiger partial charge on any atom is 0.331 e. The Morgan fingerprint density at radius 1 is 0.886 bits per heavy atom. The van der Waals surface area contributed by atoms with Gasteiger partial charge in [-0.3, -0.25) is 4.79 Å². The Kier molecular flexibility index (Phi) is 22.1. The monoisotopic (exact) mass is 628 g/mol. The molecule has 250 valence electrons. The van der Waals surface area contributed by atoms with E-state index in [0.29, 0.717) is 12.2 Å². The van der Waals surface area contributed by atoms with Gasteiger partial charge in [0.15, 0.2) is 0 Å². The Morgan fingerprint density at radius 2 is 1.48 bits per heavy atom. The molecule has 0 aromatic rings. The summed E-state index contributed by atoms with van der Waals surface area (Å²) >= 11 is 4.28. The van der Waals surface area contributed by atoms with Crippen molar-refractivity contribution in [1.82, 2.24) is 0 Å². The topological polar surface area (TPSA) is 52.6 Å². The van der Waals surface area contributed by atoms with Gasteiger partial charge < -0.3 is 9.47 Å². The Balaban J connectivity index is 2.26. The number of esters is 2. The second-order valence-electron chi connectivity index (χ2n) is 13.3. The smallest absolute Gasteiger partial charge is 0.331 e. The zero-order valence-corrected chi connectivity index (χ0v) is 30.0. The molecule has 4 nitrogen and oxygen atoms in total. The third-order valence-corrected chi connectivity index (χ3v) is 8.92. The van der Waals surface area contributed by atoms with Gasteiger partial charge in [0.2, 0.25) is 0 Å². The molecule has 1 atom stereocenters. The van der Waals surface area contributed by atoms with Crippen LogP contribution in [0.3, 0.4) is 0 Å². The quantitative estimate of drug-likeness (QED) is 0.0402. The summed E-state index contributed by atoms with van der Waals surface area (Å²) in [5, 5.41) is 0. The van der Waals surface area contributed by atoms with Crippen molar-refractivity contribution < 1.29 is 19.1 Å². The van der Waals surface area contributed by atoms with Crippen LogP contribution in [0.4, 0.5) is 0 Å². The van der Waals surface area contributed by atoms with Crippen molar-refractivity contribution in [2.75, 3.05) is 12.4 Å². The maximum atomic E-state index is 12.3. The van der Waals surface area contributed by atoms with Crippen LogP contribution in [0, 0.1) is 5.41 Å². The molecular formula is C39H64O4S. The lowest BCUT2D eigenvalue weighted by Crippen LogP contribution is -2.26. The Bertz CT molecular complexity index is 982. The number of hydrogen-bond acceptors (Lipinski definition) is 5. The number of thiol groups is 1. The van der Waals surface area contributed by atoms with Gasteiger partial charge in [0.05, 0.1) is 0 Å². The minimum Gasteiger partial charge on any atom is -0.459 e. The minimum absolute atomic E-state index is 0.00952. The first-order valence-corrected chi connectivity index (χ1v) is 18.1. The maximum absolute atomic E-state index is 12.3. The standard InChI is InChI=1S/C39H64O4S/c1-7-8-9-10-11-12-13-14-15-16-17-18-19-25-37(40)43-35(31-44)30-42-38(41)29-33(3)23-20-22-32(2)26-27-36-34(4)24-21-28-39(36,5)6/h20,22-23,26-27,29,35,44H,7-19,21,24-25,28,30-31H2,1-6H3/b23-20+,27-26+,32-22+,33-29+/t35-/m1/s1. The normalized spacial score (nSPS) is 16.6. The van der Waals surface area contributed by atoms with Crippen molar-refractivity contribution in [3.8, 4) is 0 Å². The molecule has 0 saturated heterocycles. The van der Waals surface area contributed by atoms with Gasteiger partial charge in [0.1, 0.15) is 12.7 Å². The fourth-order valence-corrected chi connectivity index (χ4v) is 5.92. The van der Waals surface area contributed by atoms with Gasteiger partial charge in [0.25, 0.3) is 0 Å². The first-order chi connectivity index (χ1) is 21.1. The number of rotatable bonds is 23. The van der Waals surface area contributed by atoms with E-state index >= 15 is 0 Å². The molecule has 0 fully saturated rings. The molecule has 0 aromatic heterocycles. The van der Waals surface area contributed by atoms with Gasteiger partial charge in [-0.25, -0.2) is 4.79 Å². The molecule has 0 aliphatic heterocycles. The van der Waals surface area contributed by atoms with Crippen LogP contribution in [-0.2, 0) is 19.1 Å². The minimum atomic E-state index is -0.536. The predicted octanol–water partition coefficient (Wildman–Crippen LogP) is 11.4. The van der Waals surface area contributed by atoms with E-state index < -0.39 is 12.1 Å². The van der Waals surface area contributed by atoms with Gasteiger partial charge in [-0.15, -0.1) is 0 Å². The molecule has 1 aliphatic rings. The molecule has 0 heterocycles. The summed E-state index contributed by atoms with van der Waals surface area (Å²) in [6, 6.07) is 0. The van der Waals surface area contributed by atoms with E-state index in [1.54, 1.807) is 0 Å². The summed E-state index contributed by atoms with van der Waals surface area (Å²) in [5.41, 5.74) is 5.10. The Hall–Kier alpha value is -2.01. The summed E-state index contributed by atoms with van der Waals surface area (Å²) in [6.07, 6.45) is 31.8. The molecular weight excluding hydrogens is 564 g/mol. The third-order valence-electron chi connectivity index (χ3n) is 8.52. The van der Waals surface area contributed by atoms with E-state index in [9.17, 15) is 9.59 Å². The predicted molar refractivity (Wildman–Crippen MR) is 191 cm³/mol. The van der Waals surface area contributed by atoms with Gasteiger partial charge in [-0.1, -0.05) is 139 Å². The molecule has 0 radical (unpaired) electrons. The van der Waals surface area contributed by atoms with Crippen LogP contribution in [0.25, 0.3) is 0 Å². The number of carbonyl (C=O) groups excluding carboxylic acids is 2. The van der Waals surface area contributed by atoms with E-state index in [1.165, 1.54) is 107 Å². The van der Waals surface area contributed by atoms with Crippen molar-refractivity contribution in [3.05, 3.63) is 58.7 Å². The zero-order valence-electron chi connectivity index (χ0n) is 29.1. The number of unbranched alkanes of at least 4 members (excludes halogenated alkanes) is 12. The fraction of sp³-hybridized carbons (Fsp3) is 0.692. The van der Waals surface area contributed by atoms with Crippen LogP contribution >= 0.6 is 12.6 Å². The summed E-state index contributed by atoms with van der Waals surface area (Å²) in [5.74, 6) is -0.382. The number of ether oxygens (including phenoxy) is 2. The van der Waals surface area contributed by atoms with Crippen molar-refractivity contribution in [2.45, 2.75) is 157 Å². The first kappa shape index (κ1) is 40.0. The summed E-state index contributed by atoms with van der Waals surface area (Å²) < 4.78 is 10.8. The van der Waals surface area contributed by atoms with E-state index in [1.807, 2.05) is 25.2 Å². The molecule has 1 rings (SSSR count). The van der Waals surface area contributed by atoms with E-state index in [-0.39, 0.29) is 18.0 Å². The third kappa shape index (κ3) is 19.4. The van der Waals surface area contributed by atoms with Gasteiger partial charge in [0, 0.05) is 18.2 Å². The molecule has 5 heteroatoms. The van der Waals surface area contributed by atoms with E-state index in [4.69, 9.17) is 9.47 Å². The van der Waals surface area contributed by atoms with Crippen LogP contribution in [0.2, 0.25) is 0 Å². The molecule has 44 heavy (non-hydrogen) atoms. The number of hydrogen-bond donors (Lipinski definition) is 1. The Labute approximate surface area is 276 Å². The second kappa shape index (κ2) is 24.3. The molecule has 0 spiro atoms. The first-order valence-electron chi connectivity index (χ1n) is 17.5. The average molecular weight is 629 g/mol. The van der Waals surface area contributed by atoms with Crippen LogP contribution in [-0.4, -0.2) is 30.4 Å². The zero-order chi connectivity index (χ0) is 32.6. The van der Waals surface area contributed by atoms with Crippen molar-refractivity contribution in [1.29, 1.82) is 0 Å². The largest absolute Gasteiger partial charge is 0.459 e. The van der Waals surface area contributed by atoms with Crippen LogP contribution in [0.5, 0.6) is 0 Å². The average Bonchev–Trinajstić information content (AvgIpc) is 2.97. The van der Waals surface area contributed by atoms with E-state index in [2.05, 4.69) is 59.4 Å². The summed E-state index contributed by atoms with van der Waals surface area (Å²) in [7, 11) is 0. The van der Waals surface area contributed by atoms with Crippen LogP contribution < -0.4 is 0 Å². The van der Waals surface area contributed by atoms with Crippen LogP contribution in [0.1, 0.15) is 151 Å². The van der Waals surface area contributed by atoms with Crippen molar-refractivity contribution in [3.63, 3.8) is 0 Å². The molecule has 0 bridgehead atoms. The van der Waals surface area contributed by atoms with Gasteiger partial charge in [-0.05, 0) is 63.0 Å². The molecule has 0 unspecified atom stereocenters. The SMILES string of the molecule is CCCCCCCCCCCCCCCC(=O)O[C@@H](CS)COC(=O)/C=C(C)/C=C/C=C(C)/C=C/C1=C(C)CCCC1(C)C. The highest BCUT2D eigenvalue weighted by Gasteiger charge is 2.26. The lowest BCUT2D eigenvalue weighted by Gasteiger charge is -2.32. The lowest BCUT2D eigenvalue weighted by molar-refractivity contribution is -0.155. The van der Waals surface area contributed by atoms with Crippen molar-refractivity contribution in [2.24, 2.45) is 5.41 Å². The highest BCUT2D eigenvalue weighted by Crippen LogP contribution is 2.40. The Morgan fingerprint density at radius 3 is 2.05 bits per heavy atom. The fourth-order valence-electron chi connectivity index (χ4n) is 5.74. The molecule has 1 aliphatic carbocycles. The van der Waals surface area contributed by atoms with Gasteiger partial charge in [-0.2, -0.15) is 12.6 Å². The molecule has 0 N–H and O–H groups in total. The highest BCUT2D eigenvalue weighted by molar-refractivity contribution is 7.80. The van der Waals surface area contributed by atoms with Crippen LogP contribution in [0.15, 0.2) is 58.7 Å². The summed E-state index contributed by atoms with van der Waals surface area (Å²) in [6.45, 7) is 13.1. The highest BCUT2D eigenvalue weighted by atomic mass is 32.1. The van der Waals surface area contributed by atoms with E-state index in [0.717, 1.165) is 24.0 Å². The van der Waals surface area contributed by atoms with Gasteiger partial charge >= 0.3 is 11.9 Å². The van der Waals surface area contributed by atoms with Crippen molar-refractivity contribution >= 4 is 24.6 Å². The number of carbonyl (C=O) groups is 2. The molecule has 0 amide bonds. The molecule has 0 aromatic carbocycles. The number of allylic oxidation sites excluding steroid dienone is 9.